The Kier molecular flexibility index (Phi) is 3.70. The molecule has 1 aliphatic rings. The van der Waals surface area contributed by atoms with Crippen molar-refractivity contribution in [1.29, 1.82) is 0 Å². The smallest absolute Gasteiger partial charge is 0.133 e. The lowest BCUT2D eigenvalue weighted by atomic mass is 10.0. The van der Waals surface area contributed by atoms with Crippen molar-refractivity contribution in [3.63, 3.8) is 0 Å². The SMILES string of the molecule is CC(C)c1nn(-c2ccc(Cl)cc2)c2c1CCCCN2. The van der Waals surface area contributed by atoms with Crippen molar-refractivity contribution in [2.75, 3.05) is 11.9 Å². The van der Waals surface area contributed by atoms with E-state index in [4.69, 9.17) is 16.7 Å². The number of hydrogen-bond acceptors (Lipinski definition) is 2. The molecule has 20 heavy (non-hydrogen) atoms. The largest absolute Gasteiger partial charge is 0.370 e. The fourth-order valence-electron chi connectivity index (χ4n) is 2.76. The molecule has 2 heterocycles. The molecule has 0 bridgehead atoms. The molecule has 0 radical (unpaired) electrons. The number of nitrogens with zero attached hydrogens (tertiary/aromatic N) is 2. The summed E-state index contributed by atoms with van der Waals surface area (Å²) in [5.74, 6) is 1.60. The van der Waals surface area contributed by atoms with Gasteiger partial charge in [0.25, 0.3) is 0 Å². The lowest BCUT2D eigenvalue weighted by Crippen LogP contribution is -2.07. The minimum absolute atomic E-state index is 0.442. The maximum absolute atomic E-state index is 5.98. The number of rotatable bonds is 2. The lowest BCUT2D eigenvalue weighted by molar-refractivity contribution is 0.731. The summed E-state index contributed by atoms with van der Waals surface area (Å²) in [6, 6.07) is 7.87. The van der Waals surface area contributed by atoms with Gasteiger partial charge in [0.05, 0.1) is 11.4 Å². The molecule has 1 aliphatic heterocycles. The standard InChI is InChI=1S/C16H20ClN3/c1-11(2)15-14-5-3-4-10-18-16(14)20(19-15)13-8-6-12(17)7-9-13/h6-9,11,18H,3-5,10H2,1-2H3. The van der Waals surface area contributed by atoms with E-state index < -0.39 is 0 Å². The topological polar surface area (TPSA) is 29.9 Å². The monoisotopic (exact) mass is 289 g/mol. The predicted octanol–water partition coefficient (Wildman–Crippen LogP) is 4.40. The highest BCUT2D eigenvalue weighted by Gasteiger charge is 2.21. The van der Waals surface area contributed by atoms with Crippen molar-refractivity contribution < 1.29 is 0 Å². The van der Waals surface area contributed by atoms with Gasteiger partial charge in [0, 0.05) is 17.1 Å². The number of hydrogen-bond donors (Lipinski definition) is 1. The summed E-state index contributed by atoms with van der Waals surface area (Å²) < 4.78 is 2.03. The third kappa shape index (κ3) is 2.42. The molecule has 0 unspecified atom stereocenters. The highest BCUT2D eigenvalue weighted by Crippen LogP contribution is 2.31. The van der Waals surface area contributed by atoms with Crippen LogP contribution in [0, 0.1) is 0 Å². The number of aromatic nitrogens is 2. The van der Waals surface area contributed by atoms with Crippen molar-refractivity contribution in [1.82, 2.24) is 9.78 Å². The van der Waals surface area contributed by atoms with Crippen LogP contribution in [0.3, 0.4) is 0 Å². The number of nitrogens with one attached hydrogen (secondary N) is 1. The highest BCUT2D eigenvalue weighted by molar-refractivity contribution is 6.30. The summed E-state index contributed by atoms with van der Waals surface area (Å²) in [4.78, 5) is 0. The first-order valence-corrected chi connectivity index (χ1v) is 7.66. The average Bonchev–Trinajstić information content (AvgIpc) is 2.63. The zero-order valence-electron chi connectivity index (χ0n) is 12.0. The molecule has 2 aromatic rings. The summed E-state index contributed by atoms with van der Waals surface area (Å²) in [5, 5.41) is 9.15. The molecule has 3 nitrogen and oxygen atoms in total. The van der Waals surface area contributed by atoms with Gasteiger partial charge in [0.1, 0.15) is 5.82 Å². The van der Waals surface area contributed by atoms with Crippen LogP contribution in [0.1, 0.15) is 43.9 Å². The van der Waals surface area contributed by atoms with Gasteiger partial charge in [-0.15, -0.1) is 0 Å². The van der Waals surface area contributed by atoms with Crippen LogP contribution < -0.4 is 5.32 Å². The fourth-order valence-corrected chi connectivity index (χ4v) is 2.89. The molecule has 0 aliphatic carbocycles. The average molecular weight is 290 g/mol. The van der Waals surface area contributed by atoms with Crippen molar-refractivity contribution in [2.45, 2.75) is 39.0 Å². The van der Waals surface area contributed by atoms with Crippen LogP contribution in [0.15, 0.2) is 24.3 Å². The molecule has 0 atom stereocenters. The van der Waals surface area contributed by atoms with Crippen LogP contribution in [-0.2, 0) is 6.42 Å². The zero-order chi connectivity index (χ0) is 14.1. The van der Waals surface area contributed by atoms with Crippen molar-refractivity contribution in [2.24, 2.45) is 0 Å². The number of anilines is 1. The molecule has 0 amide bonds. The Balaban J connectivity index is 2.13. The van der Waals surface area contributed by atoms with Gasteiger partial charge in [0.2, 0.25) is 0 Å². The van der Waals surface area contributed by atoms with Crippen molar-refractivity contribution in [3.05, 3.63) is 40.5 Å². The van der Waals surface area contributed by atoms with Gasteiger partial charge in [-0.1, -0.05) is 25.4 Å². The summed E-state index contributed by atoms with van der Waals surface area (Å²) in [5.41, 5.74) is 3.66. The molecule has 106 valence electrons. The molecule has 1 aromatic heterocycles. The minimum atomic E-state index is 0.442. The van der Waals surface area contributed by atoms with Crippen LogP contribution in [0.5, 0.6) is 0 Å². The van der Waals surface area contributed by atoms with Crippen molar-refractivity contribution >= 4 is 17.4 Å². The van der Waals surface area contributed by atoms with E-state index >= 15 is 0 Å². The maximum Gasteiger partial charge on any atom is 0.133 e. The normalized spacial score (nSPS) is 14.8. The molecule has 1 N–H and O–H groups in total. The first-order valence-electron chi connectivity index (χ1n) is 7.28. The van der Waals surface area contributed by atoms with Gasteiger partial charge >= 0.3 is 0 Å². The molecule has 0 fully saturated rings. The second-order valence-electron chi connectivity index (χ2n) is 5.64. The van der Waals surface area contributed by atoms with Crippen LogP contribution >= 0.6 is 11.6 Å². The number of benzene rings is 1. The van der Waals surface area contributed by atoms with E-state index in [9.17, 15) is 0 Å². The van der Waals surface area contributed by atoms with E-state index in [0.29, 0.717) is 5.92 Å². The van der Waals surface area contributed by atoms with Gasteiger partial charge in [0.15, 0.2) is 0 Å². The number of fused-ring (bicyclic) bond motifs is 1. The summed E-state index contributed by atoms with van der Waals surface area (Å²) in [6.45, 7) is 5.43. The van der Waals surface area contributed by atoms with Crippen LogP contribution in [0.25, 0.3) is 5.69 Å². The first kappa shape index (κ1) is 13.5. The minimum Gasteiger partial charge on any atom is -0.370 e. The van der Waals surface area contributed by atoms with Gasteiger partial charge in [-0.05, 0) is 49.4 Å². The summed E-state index contributed by atoms with van der Waals surface area (Å²) in [6.07, 6.45) is 3.56. The van der Waals surface area contributed by atoms with E-state index in [1.807, 2.05) is 28.9 Å². The van der Waals surface area contributed by atoms with Gasteiger partial charge < -0.3 is 5.32 Å². The predicted molar refractivity (Wildman–Crippen MR) is 84.1 cm³/mol. The molecule has 0 saturated heterocycles. The maximum atomic E-state index is 5.98. The van der Waals surface area contributed by atoms with Crippen LogP contribution in [0.2, 0.25) is 5.02 Å². The van der Waals surface area contributed by atoms with E-state index in [1.165, 1.54) is 24.1 Å². The van der Waals surface area contributed by atoms with Crippen LogP contribution in [0.4, 0.5) is 5.82 Å². The molecular formula is C16H20ClN3. The Hall–Kier alpha value is -1.48. The lowest BCUT2D eigenvalue weighted by Gasteiger charge is -2.09. The molecular weight excluding hydrogens is 270 g/mol. The second kappa shape index (κ2) is 5.49. The van der Waals surface area contributed by atoms with E-state index in [0.717, 1.165) is 29.5 Å². The third-order valence-corrected chi connectivity index (χ3v) is 4.03. The van der Waals surface area contributed by atoms with Crippen molar-refractivity contribution in [3.8, 4) is 5.69 Å². The quantitative estimate of drug-likeness (QED) is 0.888. The van der Waals surface area contributed by atoms with Gasteiger partial charge in [-0.25, -0.2) is 4.68 Å². The molecule has 1 aromatic carbocycles. The Morgan fingerprint density at radius 2 is 1.95 bits per heavy atom. The zero-order valence-corrected chi connectivity index (χ0v) is 12.7. The molecule has 3 rings (SSSR count). The Bertz CT molecular complexity index is 599. The highest BCUT2D eigenvalue weighted by atomic mass is 35.5. The first-order chi connectivity index (χ1) is 9.66. The summed E-state index contributed by atoms with van der Waals surface area (Å²) >= 11 is 5.98. The molecule has 0 saturated carbocycles. The van der Waals surface area contributed by atoms with Gasteiger partial charge in [-0.2, -0.15) is 5.10 Å². The van der Waals surface area contributed by atoms with Gasteiger partial charge in [-0.3, -0.25) is 0 Å². The van der Waals surface area contributed by atoms with E-state index in [-0.39, 0.29) is 0 Å². The fraction of sp³-hybridized carbons (Fsp3) is 0.438. The Labute approximate surface area is 124 Å². The Morgan fingerprint density at radius 1 is 1.20 bits per heavy atom. The third-order valence-electron chi connectivity index (χ3n) is 3.78. The van der Waals surface area contributed by atoms with Crippen LogP contribution in [-0.4, -0.2) is 16.3 Å². The summed E-state index contributed by atoms with van der Waals surface area (Å²) in [7, 11) is 0. The van der Waals surface area contributed by atoms with E-state index in [2.05, 4.69) is 19.2 Å². The number of halogens is 1. The molecule has 0 spiro atoms. The van der Waals surface area contributed by atoms with E-state index in [1.54, 1.807) is 0 Å². The Morgan fingerprint density at radius 3 is 2.65 bits per heavy atom. The second-order valence-corrected chi connectivity index (χ2v) is 6.08. The molecule has 4 heteroatoms.